The zero-order valence-corrected chi connectivity index (χ0v) is 82.9. The normalized spacial score (nSPS) is 29.0. The summed E-state index contributed by atoms with van der Waals surface area (Å²) in [7, 11) is 0. The van der Waals surface area contributed by atoms with Gasteiger partial charge in [0.05, 0.1) is 52.9 Å². The average molecular weight is 2100 g/mol. The number of amides is 6. The predicted molar refractivity (Wildman–Crippen MR) is 460 cm³/mol. The summed E-state index contributed by atoms with van der Waals surface area (Å²) in [5.74, 6) is -17.7. The van der Waals surface area contributed by atoms with Crippen molar-refractivity contribution in [3.63, 3.8) is 0 Å². The SMILES string of the molecule is CC[C@@H]1[C@@H]2CN(C(=O)[C@H](C(C)(C)C)NC(=O)O[C@@H]3C[C@H]3CCCCC(F)(F)c3cc4ccc(OC(F)(F)F)cc4nc3O2)[C@@H]1[C-]=O.C[C@@H]1[C@@H]2CN(C(=O)[C@H](C(C)(C)C)NC(=O)O[C@@H]3C[C@H]3CCCCC(F)(F)c3cc4ccc(OC(F)(F)F)cc4nc3O2)[C@@H]1[C-]=O.C[C@@H]1[C@@H]2CN(C(=O)[C@H](C(C)(C)C)NC(=O)O[C@]3(C)C[C@H]3CCCCC(F)(F)c3cc4ccc(OC(F)(F)F)cc4nc3O2)[C@@H]1[C-]=O.[V].[V].[V]. The zero-order valence-electron chi connectivity index (χ0n) is 78.7. The molecule has 3 aromatic heterocycles. The predicted octanol–water partition coefficient (Wildman–Crippen LogP) is 18.9. The fourth-order valence-electron chi connectivity index (χ4n) is 18.7. The number of hydrogen-bond donors (Lipinski definition) is 3. The van der Waals surface area contributed by atoms with Gasteiger partial charge in [0.2, 0.25) is 35.4 Å². The first-order valence-corrected chi connectivity index (χ1v) is 45.5. The van der Waals surface area contributed by atoms with E-state index in [9.17, 15) is 82.7 Å². The summed E-state index contributed by atoms with van der Waals surface area (Å²) in [6.45, 7) is 21.6. The molecule has 15 rings (SSSR count). The molecule has 3 saturated heterocycles. The van der Waals surface area contributed by atoms with Gasteiger partial charge in [-0.15, -0.1) is 39.5 Å². The van der Waals surface area contributed by atoms with Crippen LogP contribution in [0, 0.1) is 51.8 Å². The Kier molecular flexibility index (Phi) is 34.8. The summed E-state index contributed by atoms with van der Waals surface area (Å²) in [6, 6.07) is 6.24. The van der Waals surface area contributed by atoms with Crippen molar-refractivity contribution in [3.8, 4) is 34.9 Å². The quantitative estimate of drug-likeness (QED) is 0.0759. The van der Waals surface area contributed by atoms with E-state index in [0.29, 0.717) is 57.8 Å². The molecule has 6 aromatic rings. The molecule has 6 bridgehead atoms. The molecule has 9 aliphatic rings. The fourth-order valence-corrected chi connectivity index (χ4v) is 18.7. The van der Waals surface area contributed by atoms with Crippen molar-refractivity contribution in [1.29, 1.82) is 0 Å². The molecular formula is C95H109F15N9O18V3-3. The smallest absolute Gasteiger partial charge is 0.540 e. The van der Waals surface area contributed by atoms with Gasteiger partial charge in [0.25, 0.3) is 17.8 Å². The standard InChI is InChI=1S/2C32H37F5N3O6.C31H35F5N3O6.3V/c1-17-23(16-41)40-15-24(17)44-26-21(12-18-9-10-20(13-22(18)38-26)45-32(35,36)37)31(33,34)11-7-6-8-19-14-30(19,5)46-28(43)39-25(27(40)42)29(2,3)4;1-5-20-23(16-41)40-15-25(20)44-27-21(12-17-9-10-19(14-22(17)38-27)46-32(35,36)37)31(33,34)11-7-6-8-18-13-24(18)45-29(43)39-26(28(40)42)30(2,3)4;1-16-22(15-40)39-14-24(16)43-26-20(11-17-8-9-19(13-21(17)37-26)45-31(34,35)36)30(32,33)10-6-5-7-18-12-23(18)44-28(42)38-25(27(39)41)29(2,3)4;;;/h9-10,12-13,17,19,23-25H,6-8,11,14-15H2,1-5H3,(H,39,43);9-10,12,14,18,20,23-26H,5-8,11,13,15H2,1-4H3,(H,39,43);8-9,11,13,16,18,22-25H,5-7,10,12,14H2,1-4H3,(H,38,42);;;/q3*-1;;;/t17-,19+,23+,24-,25+,30+;18-,20+,23-,24-,25+,26-;16-,18+,22+,23+,24-,25+;;;/m010.../s1. The van der Waals surface area contributed by atoms with Crippen LogP contribution in [-0.4, -0.2) is 196 Å². The molecule has 3 saturated carbocycles. The van der Waals surface area contributed by atoms with Crippen molar-refractivity contribution in [3.05, 3.63) is 89.5 Å². The molecule has 3 radical (unpaired) electrons. The maximum atomic E-state index is 15.9. The van der Waals surface area contributed by atoms with Gasteiger partial charge < -0.3 is 87.7 Å². The zero-order chi connectivity index (χ0) is 100. The van der Waals surface area contributed by atoms with Gasteiger partial charge in [0, 0.05) is 115 Å². The summed E-state index contributed by atoms with van der Waals surface area (Å²) in [4.78, 5) is 133. The summed E-state index contributed by atoms with van der Waals surface area (Å²) in [6.07, 6.45) is -11.9. The van der Waals surface area contributed by atoms with Crippen molar-refractivity contribution in [2.24, 2.45) is 51.8 Å². The van der Waals surface area contributed by atoms with E-state index >= 15 is 26.3 Å². The largest absolute Gasteiger partial charge is 0.573 e. The van der Waals surface area contributed by atoms with Crippen LogP contribution in [0.25, 0.3) is 32.7 Å². The number of rotatable bonds is 7. The molecule has 18 atom stereocenters. The van der Waals surface area contributed by atoms with E-state index in [1.54, 1.807) is 90.0 Å². The Labute approximate surface area is 833 Å². The molecule has 765 valence electrons. The third-order valence-electron chi connectivity index (χ3n) is 26.8. The van der Waals surface area contributed by atoms with E-state index in [-0.39, 0.29) is 164 Å². The van der Waals surface area contributed by atoms with E-state index in [2.05, 4.69) is 45.1 Å². The Morgan fingerprint density at radius 3 is 1.04 bits per heavy atom. The van der Waals surface area contributed by atoms with Gasteiger partial charge in [-0.1, -0.05) is 127 Å². The molecule has 3 aromatic carbocycles. The number of carbonyl (C=O) groups is 6. The molecule has 0 unspecified atom stereocenters. The van der Waals surface area contributed by atoms with E-state index in [4.69, 9.17) is 28.4 Å². The number of carbonyl (C=O) groups excluding carboxylic acids is 9. The van der Waals surface area contributed by atoms with Gasteiger partial charge in [-0.25, -0.2) is 74.5 Å². The molecular weight excluding hydrogens is 1990 g/mol. The van der Waals surface area contributed by atoms with Crippen molar-refractivity contribution >= 4 is 87.6 Å². The third kappa shape index (κ3) is 27.0. The fraction of sp³-hybridized carbons (Fsp3) is 0.621. The average Bonchev–Trinajstić information content (AvgIpc) is 1.73. The second kappa shape index (κ2) is 43.3. The van der Waals surface area contributed by atoms with E-state index in [1.165, 1.54) is 32.9 Å². The van der Waals surface area contributed by atoms with Crippen LogP contribution in [0.15, 0.2) is 72.8 Å². The minimum Gasteiger partial charge on any atom is -0.540 e. The monoisotopic (exact) mass is 2100 g/mol. The third-order valence-corrected chi connectivity index (χ3v) is 26.8. The van der Waals surface area contributed by atoms with E-state index in [1.807, 2.05) is 18.9 Å². The molecule has 6 aliphatic heterocycles. The van der Waals surface area contributed by atoms with Crippen LogP contribution in [0.2, 0.25) is 0 Å². The molecule has 3 N–H and O–H groups in total. The summed E-state index contributed by atoms with van der Waals surface area (Å²) in [5, 5.41) is 8.43. The summed E-state index contributed by atoms with van der Waals surface area (Å²) in [5.41, 5.74) is -5.14. The number of alkyl halides is 15. The van der Waals surface area contributed by atoms with Crippen LogP contribution in [-0.2, 0) is 116 Å². The van der Waals surface area contributed by atoms with Crippen molar-refractivity contribution in [2.75, 3.05) is 19.6 Å². The number of nitrogens with zero attached hydrogens (tertiary/aromatic N) is 6. The van der Waals surface area contributed by atoms with Crippen LogP contribution in [0.1, 0.15) is 209 Å². The maximum absolute atomic E-state index is 15.9. The first kappa shape index (κ1) is 113. The Bertz CT molecular complexity index is 5520. The summed E-state index contributed by atoms with van der Waals surface area (Å²) < 4.78 is 258. The Hall–Kier alpha value is -9.38. The number of halogens is 15. The minimum atomic E-state index is -4.98. The Morgan fingerprint density at radius 2 is 0.729 bits per heavy atom. The number of benzene rings is 3. The van der Waals surface area contributed by atoms with Gasteiger partial charge in [0.1, 0.15) is 71.5 Å². The molecule has 3 aliphatic carbocycles. The number of hydrogen-bond acceptors (Lipinski definition) is 21. The van der Waals surface area contributed by atoms with Crippen molar-refractivity contribution in [2.45, 2.75) is 302 Å². The second-order valence-corrected chi connectivity index (χ2v) is 40.3. The minimum absolute atomic E-state index is 0. The maximum Gasteiger partial charge on any atom is 0.573 e. The molecule has 140 heavy (non-hydrogen) atoms. The number of aromatic nitrogens is 3. The van der Waals surface area contributed by atoms with Gasteiger partial charge in [-0.2, -0.15) is 0 Å². The van der Waals surface area contributed by atoms with Crippen molar-refractivity contribution in [1.82, 2.24) is 45.6 Å². The second-order valence-electron chi connectivity index (χ2n) is 40.3. The number of fused-ring (bicyclic) bond motifs is 15. The number of nitrogens with one attached hydrogen (secondary N) is 3. The number of pyridine rings is 3. The topological polar surface area (TPSA) is 321 Å². The Morgan fingerprint density at radius 1 is 0.421 bits per heavy atom. The first-order valence-electron chi connectivity index (χ1n) is 45.5. The number of ether oxygens (including phenoxy) is 9. The summed E-state index contributed by atoms with van der Waals surface area (Å²) >= 11 is 0. The van der Waals surface area contributed by atoms with Gasteiger partial charge in [0.15, 0.2) is 0 Å². The molecule has 9 heterocycles. The Balaban J connectivity index is 0.000000214. The van der Waals surface area contributed by atoms with E-state index < -0.39 is 238 Å². The van der Waals surface area contributed by atoms with Crippen LogP contribution >= 0.6 is 0 Å². The van der Waals surface area contributed by atoms with Crippen LogP contribution in [0.5, 0.6) is 34.9 Å². The molecule has 6 amide bonds. The van der Waals surface area contributed by atoms with Crippen LogP contribution in [0.3, 0.4) is 0 Å². The first-order chi connectivity index (χ1) is 63.8. The van der Waals surface area contributed by atoms with Gasteiger partial charge in [-0.05, 0) is 165 Å². The van der Waals surface area contributed by atoms with Gasteiger partial charge >= 0.3 is 37.4 Å². The molecule has 45 heteroatoms. The number of alkyl carbamates (subject to hydrolysis) is 3. The van der Waals surface area contributed by atoms with E-state index in [0.717, 1.165) is 54.6 Å². The van der Waals surface area contributed by atoms with Gasteiger partial charge in [-0.3, -0.25) is 14.4 Å². The molecule has 6 fully saturated rings. The van der Waals surface area contributed by atoms with Crippen LogP contribution in [0.4, 0.5) is 80.2 Å². The van der Waals surface area contributed by atoms with Crippen LogP contribution < -0.4 is 44.4 Å². The van der Waals surface area contributed by atoms with Crippen molar-refractivity contribution < 1.29 is 207 Å². The molecule has 27 nitrogen and oxygen atoms in total. The molecule has 0 spiro atoms.